The molecule has 5 nitrogen and oxygen atoms in total. The van der Waals surface area contributed by atoms with E-state index in [1.165, 1.54) is 0 Å². The van der Waals surface area contributed by atoms with Gasteiger partial charge in [0.2, 0.25) is 5.43 Å². The van der Waals surface area contributed by atoms with Crippen molar-refractivity contribution in [3.63, 3.8) is 0 Å². The van der Waals surface area contributed by atoms with Crippen LogP contribution in [0.4, 0.5) is 0 Å². The first kappa shape index (κ1) is 17.0. The summed E-state index contributed by atoms with van der Waals surface area (Å²) in [6.07, 6.45) is 1.70. The minimum atomic E-state index is -0.170. The summed E-state index contributed by atoms with van der Waals surface area (Å²) in [7, 11) is 4.76. The molecule has 0 N–H and O–H groups in total. The van der Waals surface area contributed by atoms with Gasteiger partial charge in [0.05, 0.1) is 21.3 Å². The Hall–Kier alpha value is -3.47. The van der Waals surface area contributed by atoms with Crippen LogP contribution in [0.25, 0.3) is 27.8 Å². The van der Waals surface area contributed by atoms with Crippen LogP contribution in [0.2, 0.25) is 0 Å². The van der Waals surface area contributed by atoms with E-state index in [0.29, 0.717) is 28.2 Å². The van der Waals surface area contributed by atoms with Crippen LogP contribution in [-0.4, -0.2) is 21.3 Å². The van der Waals surface area contributed by atoms with Crippen LogP contribution in [0.3, 0.4) is 0 Å². The topological polar surface area (TPSA) is 57.9 Å². The summed E-state index contributed by atoms with van der Waals surface area (Å²) in [5.74, 6) is 1.92. The van der Waals surface area contributed by atoms with E-state index >= 15 is 0 Å². The zero-order valence-electron chi connectivity index (χ0n) is 15.2. The van der Waals surface area contributed by atoms with Crippen molar-refractivity contribution in [3.8, 4) is 17.2 Å². The Balaban J connectivity index is 2.00. The average molecular weight is 362 g/mol. The first-order valence-corrected chi connectivity index (χ1v) is 8.42. The van der Waals surface area contributed by atoms with Crippen molar-refractivity contribution >= 4 is 27.8 Å². The van der Waals surface area contributed by atoms with E-state index in [1.54, 1.807) is 51.7 Å². The SMILES string of the molecule is COc1ccc(C=c2oc3cccc4c(OC)ccc(c2=O)c34)cc1OC. The highest BCUT2D eigenvalue weighted by Gasteiger charge is 2.12. The lowest BCUT2D eigenvalue weighted by Gasteiger charge is -2.09. The van der Waals surface area contributed by atoms with Gasteiger partial charge in [-0.2, -0.15) is 0 Å². The highest BCUT2D eigenvalue weighted by Crippen LogP contribution is 2.31. The van der Waals surface area contributed by atoms with Crippen LogP contribution >= 0.6 is 0 Å². The molecule has 0 spiro atoms. The standard InChI is InChI=1S/C22H18O5/c1-24-16-10-8-15-21-14(16)5-4-6-18(21)27-20(22(15)23)12-13-7-9-17(25-2)19(11-13)26-3/h4-12H,1-3H3. The second-order valence-electron chi connectivity index (χ2n) is 6.05. The fraction of sp³-hybridized carbons (Fsp3) is 0.136. The van der Waals surface area contributed by atoms with Crippen molar-refractivity contribution in [2.45, 2.75) is 0 Å². The van der Waals surface area contributed by atoms with Crippen LogP contribution in [-0.2, 0) is 0 Å². The Labute approximate surface area is 155 Å². The highest BCUT2D eigenvalue weighted by molar-refractivity contribution is 6.09. The predicted octanol–water partition coefficient (Wildman–Crippen LogP) is 3.52. The molecule has 0 aliphatic carbocycles. The molecule has 0 atom stereocenters. The van der Waals surface area contributed by atoms with Gasteiger partial charge in [0, 0.05) is 16.2 Å². The van der Waals surface area contributed by atoms with Crippen LogP contribution in [0, 0.1) is 0 Å². The molecular formula is C22H18O5. The summed E-state index contributed by atoms with van der Waals surface area (Å²) in [6.45, 7) is 0. The largest absolute Gasteiger partial charge is 0.496 e. The molecule has 136 valence electrons. The normalized spacial score (nSPS) is 11.9. The van der Waals surface area contributed by atoms with Gasteiger partial charge in [0.15, 0.2) is 16.9 Å². The molecule has 4 aromatic rings. The summed E-state index contributed by atoms with van der Waals surface area (Å²) < 4.78 is 21.9. The Kier molecular flexibility index (Phi) is 4.20. The minimum Gasteiger partial charge on any atom is -0.496 e. The highest BCUT2D eigenvalue weighted by atomic mass is 16.5. The molecule has 0 saturated carbocycles. The second kappa shape index (κ2) is 6.68. The van der Waals surface area contributed by atoms with Gasteiger partial charge >= 0.3 is 0 Å². The lowest BCUT2D eigenvalue weighted by atomic mass is 10.0. The lowest BCUT2D eigenvalue weighted by Crippen LogP contribution is -2.24. The zero-order chi connectivity index (χ0) is 19.0. The van der Waals surface area contributed by atoms with E-state index in [0.717, 1.165) is 16.3 Å². The monoisotopic (exact) mass is 362 g/mol. The van der Waals surface area contributed by atoms with Gasteiger partial charge in [0.1, 0.15) is 11.3 Å². The van der Waals surface area contributed by atoms with E-state index in [1.807, 2.05) is 24.3 Å². The summed E-state index contributed by atoms with van der Waals surface area (Å²) in [6, 6.07) is 14.7. The van der Waals surface area contributed by atoms with Crippen LogP contribution < -0.4 is 25.1 Å². The van der Waals surface area contributed by atoms with E-state index in [9.17, 15) is 4.79 Å². The minimum absolute atomic E-state index is 0.170. The third-order valence-corrected chi connectivity index (χ3v) is 4.58. The van der Waals surface area contributed by atoms with E-state index in [-0.39, 0.29) is 10.8 Å². The molecule has 0 aliphatic heterocycles. The number of hydrogen-bond donors (Lipinski definition) is 0. The molecule has 0 radical (unpaired) electrons. The predicted molar refractivity (Wildman–Crippen MR) is 105 cm³/mol. The maximum absolute atomic E-state index is 13.0. The van der Waals surface area contributed by atoms with Crippen LogP contribution in [0.5, 0.6) is 17.2 Å². The summed E-state index contributed by atoms with van der Waals surface area (Å²) in [5.41, 5.74) is 1.50. The van der Waals surface area contributed by atoms with Gasteiger partial charge in [-0.25, -0.2) is 0 Å². The molecule has 0 amide bonds. The van der Waals surface area contributed by atoms with Crippen molar-refractivity contribution in [2.75, 3.05) is 21.3 Å². The smallest absolute Gasteiger partial charge is 0.228 e. The van der Waals surface area contributed by atoms with Crippen molar-refractivity contribution in [1.29, 1.82) is 0 Å². The third-order valence-electron chi connectivity index (χ3n) is 4.58. The molecule has 0 bridgehead atoms. The Morgan fingerprint density at radius 3 is 2.30 bits per heavy atom. The summed E-state index contributed by atoms with van der Waals surface area (Å²) in [5, 5.41) is 2.22. The molecule has 1 aromatic heterocycles. The van der Waals surface area contributed by atoms with Crippen molar-refractivity contribution in [3.05, 3.63) is 69.7 Å². The lowest BCUT2D eigenvalue weighted by molar-refractivity contribution is 0.355. The quantitative estimate of drug-likeness (QED) is 0.556. The van der Waals surface area contributed by atoms with E-state index in [4.69, 9.17) is 18.6 Å². The van der Waals surface area contributed by atoms with Gasteiger partial charge < -0.3 is 18.6 Å². The molecule has 1 heterocycles. The summed E-state index contributed by atoms with van der Waals surface area (Å²) in [4.78, 5) is 13.0. The molecule has 0 saturated heterocycles. The maximum Gasteiger partial charge on any atom is 0.228 e. The van der Waals surface area contributed by atoms with Gasteiger partial charge in [-0.15, -0.1) is 0 Å². The summed E-state index contributed by atoms with van der Waals surface area (Å²) >= 11 is 0. The Morgan fingerprint density at radius 1 is 0.815 bits per heavy atom. The molecule has 0 fully saturated rings. The zero-order valence-corrected chi connectivity index (χ0v) is 15.2. The first-order valence-electron chi connectivity index (χ1n) is 8.42. The second-order valence-corrected chi connectivity index (χ2v) is 6.05. The molecule has 3 aromatic carbocycles. The van der Waals surface area contributed by atoms with Crippen molar-refractivity contribution in [2.24, 2.45) is 0 Å². The fourth-order valence-electron chi connectivity index (χ4n) is 3.29. The third kappa shape index (κ3) is 2.77. The van der Waals surface area contributed by atoms with Gasteiger partial charge in [0.25, 0.3) is 0 Å². The first-order chi connectivity index (χ1) is 13.2. The van der Waals surface area contributed by atoms with Crippen LogP contribution in [0.15, 0.2) is 57.7 Å². The fourth-order valence-corrected chi connectivity index (χ4v) is 3.29. The molecular weight excluding hydrogens is 344 g/mol. The number of benzene rings is 3. The number of methoxy groups -OCH3 is 3. The number of ether oxygens (including phenoxy) is 3. The van der Waals surface area contributed by atoms with E-state index in [2.05, 4.69) is 0 Å². The van der Waals surface area contributed by atoms with Gasteiger partial charge in [-0.3, -0.25) is 4.79 Å². The molecule has 0 unspecified atom stereocenters. The number of rotatable bonds is 4. The van der Waals surface area contributed by atoms with Gasteiger partial charge in [-0.05, 0) is 42.0 Å². The molecule has 4 rings (SSSR count). The average Bonchev–Trinajstić information content (AvgIpc) is 2.71. The number of hydrogen-bond acceptors (Lipinski definition) is 5. The van der Waals surface area contributed by atoms with Gasteiger partial charge in [-0.1, -0.05) is 18.2 Å². The molecule has 27 heavy (non-hydrogen) atoms. The van der Waals surface area contributed by atoms with Crippen LogP contribution in [0.1, 0.15) is 5.56 Å². The Morgan fingerprint density at radius 2 is 1.56 bits per heavy atom. The molecule has 5 heteroatoms. The Bertz CT molecular complexity index is 1250. The molecule has 0 aliphatic rings. The maximum atomic E-state index is 13.0. The van der Waals surface area contributed by atoms with E-state index < -0.39 is 0 Å². The van der Waals surface area contributed by atoms with Crippen molar-refractivity contribution in [1.82, 2.24) is 0 Å². The van der Waals surface area contributed by atoms with Crippen molar-refractivity contribution < 1.29 is 18.6 Å².